The molecule has 2 amide bonds. The van der Waals surface area contributed by atoms with E-state index in [2.05, 4.69) is 10.3 Å². The highest BCUT2D eigenvalue weighted by Crippen LogP contribution is 2.43. The molecule has 1 aromatic heterocycles. The Morgan fingerprint density at radius 1 is 1.23 bits per heavy atom. The molecule has 1 atom stereocenters. The maximum atomic E-state index is 12.9. The maximum absolute atomic E-state index is 12.9. The van der Waals surface area contributed by atoms with Gasteiger partial charge in [0.15, 0.2) is 0 Å². The predicted molar refractivity (Wildman–Crippen MR) is 95.8 cm³/mol. The zero-order valence-corrected chi connectivity index (χ0v) is 14.7. The second-order valence-electron chi connectivity index (χ2n) is 6.55. The van der Waals surface area contributed by atoms with Crippen molar-refractivity contribution in [2.24, 2.45) is 5.92 Å². The summed E-state index contributed by atoms with van der Waals surface area (Å²) in [6.45, 7) is 0.235. The van der Waals surface area contributed by atoms with Crippen LogP contribution < -0.4 is 5.32 Å². The van der Waals surface area contributed by atoms with Gasteiger partial charge >= 0.3 is 0 Å². The van der Waals surface area contributed by atoms with Gasteiger partial charge < -0.3 is 10.2 Å². The summed E-state index contributed by atoms with van der Waals surface area (Å²) < 4.78 is 12.9. The quantitative estimate of drug-likeness (QED) is 0.831. The van der Waals surface area contributed by atoms with Crippen LogP contribution in [0.4, 0.5) is 4.39 Å². The molecule has 1 aromatic carbocycles. The molecule has 1 N–H and O–H groups in total. The highest BCUT2D eigenvalue weighted by molar-refractivity contribution is 5.94. The van der Waals surface area contributed by atoms with Crippen LogP contribution in [0.1, 0.15) is 41.4 Å². The zero-order chi connectivity index (χ0) is 18.5. The van der Waals surface area contributed by atoms with E-state index < -0.39 is 0 Å². The van der Waals surface area contributed by atoms with E-state index in [0.717, 1.165) is 18.5 Å². The van der Waals surface area contributed by atoms with Gasteiger partial charge in [-0.15, -0.1) is 0 Å². The number of halogens is 1. The molecular formula is C20H22FN3O2. The average molecular weight is 355 g/mol. The van der Waals surface area contributed by atoms with Gasteiger partial charge in [0.1, 0.15) is 5.82 Å². The molecule has 2 aromatic rings. The van der Waals surface area contributed by atoms with Crippen LogP contribution in [0.2, 0.25) is 0 Å². The summed E-state index contributed by atoms with van der Waals surface area (Å²) in [5.41, 5.74) is 1.28. The van der Waals surface area contributed by atoms with Crippen LogP contribution in [0.5, 0.6) is 0 Å². The number of nitrogens with one attached hydrogen (secondary N) is 1. The summed E-state index contributed by atoms with van der Waals surface area (Å²) >= 11 is 0. The number of amides is 2. The minimum atomic E-state index is -0.390. The van der Waals surface area contributed by atoms with Crippen molar-refractivity contribution in [2.45, 2.75) is 25.3 Å². The van der Waals surface area contributed by atoms with E-state index in [4.69, 9.17) is 0 Å². The number of hydrogen-bond donors (Lipinski definition) is 1. The molecule has 0 radical (unpaired) electrons. The first-order valence-corrected chi connectivity index (χ1v) is 8.76. The van der Waals surface area contributed by atoms with E-state index in [0.29, 0.717) is 11.5 Å². The molecular weight excluding hydrogens is 333 g/mol. The highest BCUT2D eigenvalue weighted by atomic mass is 19.1. The molecule has 3 rings (SSSR count). The van der Waals surface area contributed by atoms with Gasteiger partial charge in [0.05, 0.1) is 11.7 Å². The summed E-state index contributed by atoms with van der Waals surface area (Å²) in [5.74, 6) is -0.289. The van der Waals surface area contributed by atoms with E-state index >= 15 is 0 Å². The van der Waals surface area contributed by atoms with Crippen molar-refractivity contribution in [3.05, 3.63) is 65.7 Å². The Labute approximate surface area is 152 Å². The van der Waals surface area contributed by atoms with Crippen molar-refractivity contribution in [1.82, 2.24) is 15.2 Å². The third-order valence-electron chi connectivity index (χ3n) is 4.60. The number of rotatable bonds is 7. The smallest absolute Gasteiger partial charge is 0.251 e. The Bertz CT molecular complexity index is 760. The third-order valence-corrected chi connectivity index (χ3v) is 4.60. The Kier molecular flexibility index (Phi) is 5.61. The van der Waals surface area contributed by atoms with Gasteiger partial charge in [0.25, 0.3) is 5.91 Å². The second kappa shape index (κ2) is 8.08. The lowest BCUT2D eigenvalue weighted by molar-refractivity contribution is -0.132. The van der Waals surface area contributed by atoms with E-state index in [9.17, 15) is 14.0 Å². The van der Waals surface area contributed by atoms with Crippen molar-refractivity contribution >= 4 is 11.8 Å². The van der Waals surface area contributed by atoms with Gasteiger partial charge in [-0.05, 0) is 55.2 Å². The largest absolute Gasteiger partial charge is 0.352 e. The Balaban J connectivity index is 1.53. The molecule has 0 aliphatic heterocycles. The third kappa shape index (κ3) is 4.45. The molecule has 1 saturated carbocycles. The van der Waals surface area contributed by atoms with E-state index in [1.165, 1.54) is 24.3 Å². The van der Waals surface area contributed by atoms with Crippen LogP contribution in [0.25, 0.3) is 0 Å². The van der Waals surface area contributed by atoms with Gasteiger partial charge in [-0.25, -0.2) is 4.39 Å². The van der Waals surface area contributed by atoms with E-state index in [1.807, 2.05) is 18.2 Å². The molecule has 0 unspecified atom stereocenters. The van der Waals surface area contributed by atoms with Gasteiger partial charge in [-0.3, -0.25) is 14.6 Å². The number of aromatic nitrogens is 1. The fourth-order valence-electron chi connectivity index (χ4n) is 3.04. The normalized spacial score (nSPS) is 14.5. The highest BCUT2D eigenvalue weighted by Gasteiger charge is 2.37. The van der Waals surface area contributed by atoms with Crippen molar-refractivity contribution in [2.75, 3.05) is 13.6 Å². The number of benzene rings is 1. The van der Waals surface area contributed by atoms with Crippen LogP contribution in [0.3, 0.4) is 0 Å². The van der Waals surface area contributed by atoms with Crippen LogP contribution in [0, 0.1) is 11.7 Å². The fourth-order valence-corrected chi connectivity index (χ4v) is 3.04. The molecule has 0 saturated heterocycles. The van der Waals surface area contributed by atoms with Gasteiger partial charge in [0.2, 0.25) is 5.91 Å². The first kappa shape index (κ1) is 18.0. The predicted octanol–water partition coefficient (Wildman–Crippen LogP) is 2.95. The summed E-state index contributed by atoms with van der Waals surface area (Å²) in [4.78, 5) is 30.7. The number of hydrogen-bond acceptors (Lipinski definition) is 3. The fraction of sp³-hybridized carbons (Fsp3) is 0.350. The molecule has 1 aliphatic rings. The lowest BCUT2D eigenvalue weighted by atomic mass is 10.1. The Morgan fingerprint density at radius 2 is 1.96 bits per heavy atom. The zero-order valence-electron chi connectivity index (χ0n) is 14.7. The van der Waals surface area contributed by atoms with Crippen LogP contribution in [-0.2, 0) is 4.79 Å². The van der Waals surface area contributed by atoms with E-state index in [1.54, 1.807) is 18.1 Å². The summed E-state index contributed by atoms with van der Waals surface area (Å²) in [6, 6.07) is 11.0. The average Bonchev–Trinajstić information content (AvgIpc) is 3.48. The number of pyridine rings is 1. The molecule has 1 fully saturated rings. The molecule has 1 heterocycles. The molecule has 0 bridgehead atoms. The molecule has 136 valence electrons. The van der Waals surface area contributed by atoms with Crippen LogP contribution >= 0.6 is 0 Å². The molecule has 26 heavy (non-hydrogen) atoms. The van der Waals surface area contributed by atoms with Crippen molar-refractivity contribution in [1.29, 1.82) is 0 Å². The first-order chi connectivity index (χ1) is 12.6. The van der Waals surface area contributed by atoms with Gasteiger partial charge in [-0.2, -0.15) is 0 Å². The summed E-state index contributed by atoms with van der Waals surface area (Å²) in [7, 11) is 1.79. The lowest BCUT2D eigenvalue weighted by Crippen LogP contribution is -2.35. The maximum Gasteiger partial charge on any atom is 0.251 e. The molecule has 6 heteroatoms. The topological polar surface area (TPSA) is 62.3 Å². The monoisotopic (exact) mass is 355 g/mol. The number of carbonyl (C=O) groups is 2. The Morgan fingerprint density at radius 3 is 2.58 bits per heavy atom. The molecule has 1 aliphatic carbocycles. The first-order valence-electron chi connectivity index (χ1n) is 8.76. The standard InChI is InChI=1S/C20H22FN3O2/c1-24(19(14-5-6-14)17-4-2-3-12-22-17)18(25)11-13-23-20(26)15-7-9-16(21)10-8-15/h2-4,7-10,12,14,19H,5-6,11,13H2,1H3,(H,23,26)/t19-/m0/s1. The molecule has 5 nitrogen and oxygen atoms in total. The van der Waals surface area contributed by atoms with Crippen molar-refractivity contribution in [3.8, 4) is 0 Å². The Hall–Kier alpha value is -2.76. The van der Waals surface area contributed by atoms with Crippen molar-refractivity contribution in [3.63, 3.8) is 0 Å². The number of carbonyl (C=O) groups excluding carboxylic acids is 2. The summed E-state index contributed by atoms with van der Waals surface area (Å²) in [6.07, 6.45) is 4.14. The minimum Gasteiger partial charge on any atom is -0.352 e. The molecule has 0 spiro atoms. The minimum absolute atomic E-state index is 0.0171. The van der Waals surface area contributed by atoms with E-state index in [-0.39, 0.29) is 36.6 Å². The van der Waals surface area contributed by atoms with Crippen LogP contribution in [-0.4, -0.2) is 35.3 Å². The van der Waals surface area contributed by atoms with Crippen molar-refractivity contribution < 1.29 is 14.0 Å². The second-order valence-corrected chi connectivity index (χ2v) is 6.55. The van der Waals surface area contributed by atoms with Gasteiger partial charge in [0, 0.05) is 31.8 Å². The van der Waals surface area contributed by atoms with Crippen LogP contribution in [0.15, 0.2) is 48.7 Å². The lowest BCUT2D eigenvalue weighted by Gasteiger charge is -2.28. The SMILES string of the molecule is CN(C(=O)CCNC(=O)c1ccc(F)cc1)[C@H](c1ccccn1)C1CC1. The number of nitrogens with zero attached hydrogens (tertiary/aromatic N) is 2. The summed E-state index contributed by atoms with van der Waals surface area (Å²) in [5, 5.41) is 2.70. The van der Waals surface area contributed by atoms with Gasteiger partial charge in [-0.1, -0.05) is 6.07 Å².